The number of nitrogens with one attached hydrogen (secondary N) is 1. The van der Waals surface area contributed by atoms with Crippen LogP contribution in [-0.2, 0) is 4.79 Å². The smallest absolute Gasteiger partial charge is 0.234 e. The summed E-state index contributed by atoms with van der Waals surface area (Å²) in [6, 6.07) is 4.45. The Balaban J connectivity index is 1.51. The molecule has 4 rings (SSSR count). The molecule has 0 bridgehead atoms. The number of anilines is 2. The average molecular weight is 482 g/mol. The summed E-state index contributed by atoms with van der Waals surface area (Å²) in [6.07, 6.45) is 1.59. The highest BCUT2D eigenvalue weighted by molar-refractivity contribution is 9.10. The minimum absolute atomic E-state index is 0.0555. The molecule has 28 heavy (non-hydrogen) atoms. The number of carbonyl (C=O) groups excluding carboxylic acids is 1. The van der Waals surface area contributed by atoms with Crippen molar-refractivity contribution in [2.75, 3.05) is 30.1 Å². The summed E-state index contributed by atoms with van der Waals surface area (Å²) < 4.78 is 17.0. The van der Waals surface area contributed by atoms with E-state index in [1.165, 1.54) is 35.2 Å². The van der Waals surface area contributed by atoms with Crippen LogP contribution in [-0.4, -0.2) is 50.3 Å². The van der Waals surface area contributed by atoms with Gasteiger partial charge in [0, 0.05) is 18.6 Å². The van der Waals surface area contributed by atoms with E-state index in [9.17, 15) is 9.18 Å². The van der Waals surface area contributed by atoms with E-state index in [1.54, 1.807) is 16.8 Å². The molecule has 1 amide bonds. The number of thiazole rings is 1. The van der Waals surface area contributed by atoms with Gasteiger partial charge in [-0.3, -0.25) is 9.20 Å². The van der Waals surface area contributed by atoms with Crippen LogP contribution in [0.3, 0.4) is 0 Å². The topological polar surface area (TPSA) is 88.3 Å². The van der Waals surface area contributed by atoms with Gasteiger partial charge in [0.2, 0.25) is 5.91 Å². The van der Waals surface area contributed by atoms with Crippen molar-refractivity contribution in [1.82, 2.24) is 24.6 Å². The van der Waals surface area contributed by atoms with Gasteiger partial charge in [0.15, 0.2) is 21.6 Å². The van der Waals surface area contributed by atoms with Crippen molar-refractivity contribution in [2.24, 2.45) is 0 Å². The molecule has 4 aromatic rings. The number of nitrogens with zero attached hydrogens (tertiary/aromatic N) is 6. The number of halogens is 2. The number of amides is 1. The van der Waals surface area contributed by atoms with Gasteiger partial charge in [-0.25, -0.2) is 9.37 Å². The Hall–Kier alpha value is -2.31. The molecule has 0 saturated heterocycles. The van der Waals surface area contributed by atoms with Crippen molar-refractivity contribution in [1.29, 1.82) is 0 Å². The first-order valence-electron chi connectivity index (χ1n) is 7.97. The quantitative estimate of drug-likeness (QED) is 0.436. The van der Waals surface area contributed by atoms with Crippen molar-refractivity contribution < 1.29 is 9.18 Å². The Morgan fingerprint density at radius 2 is 2.21 bits per heavy atom. The standard InChI is InChI=1S/C16H13BrFN7OS2/c1-24(2)15-21-13-12(28-15)14-22-23-16(25(14)7-19-13)27-6-11(26)20-10-4-3-8(17)5-9(10)18/h3-5,7H,6H2,1-2H3,(H,20,26). The zero-order chi connectivity index (χ0) is 19.8. The largest absolute Gasteiger partial charge is 0.354 e. The molecule has 144 valence electrons. The predicted molar refractivity (Wildman–Crippen MR) is 112 cm³/mol. The van der Waals surface area contributed by atoms with Crippen LogP contribution in [0.1, 0.15) is 0 Å². The van der Waals surface area contributed by atoms with Crippen molar-refractivity contribution in [3.8, 4) is 0 Å². The second-order valence-corrected chi connectivity index (χ2v) is 8.76. The van der Waals surface area contributed by atoms with Crippen LogP contribution in [0.15, 0.2) is 34.2 Å². The fourth-order valence-corrected chi connectivity index (χ4v) is 4.33. The van der Waals surface area contributed by atoms with Crippen molar-refractivity contribution in [3.63, 3.8) is 0 Å². The van der Waals surface area contributed by atoms with E-state index < -0.39 is 5.82 Å². The van der Waals surface area contributed by atoms with Gasteiger partial charge in [0.05, 0.1) is 11.4 Å². The lowest BCUT2D eigenvalue weighted by Crippen LogP contribution is -2.15. The van der Waals surface area contributed by atoms with Gasteiger partial charge in [-0.1, -0.05) is 39.0 Å². The summed E-state index contributed by atoms with van der Waals surface area (Å²) in [7, 11) is 3.82. The summed E-state index contributed by atoms with van der Waals surface area (Å²) >= 11 is 5.85. The first kappa shape index (κ1) is 19.0. The molecule has 0 aliphatic rings. The van der Waals surface area contributed by atoms with E-state index in [1.807, 2.05) is 19.0 Å². The first-order valence-corrected chi connectivity index (χ1v) is 10.6. The molecule has 3 aromatic heterocycles. The minimum Gasteiger partial charge on any atom is -0.354 e. The Bertz CT molecular complexity index is 1190. The fraction of sp³-hybridized carbons (Fsp3) is 0.188. The van der Waals surface area contributed by atoms with Gasteiger partial charge in [0.25, 0.3) is 0 Å². The molecule has 0 fully saturated rings. The lowest BCUT2D eigenvalue weighted by Gasteiger charge is -2.06. The third-order valence-electron chi connectivity index (χ3n) is 3.68. The van der Waals surface area contributed by atoms with Gasteiger partial charge in [0.1, 0.15) is 16.8 Å². The Morgan fingerprint density at radius 1 is 1.39 bits per heavy atom. The zero-order valence-electron chi connectivity index (χ0n) is 14.7. The van der Waals surface area contributed by atoms with E-state index in [0.717, 1.165) is 9.83 Å². The molecular formula is C16H13BrFN7OS2. The van der Waals surface area contributed by atoms with Crippen LogP contribution < -0.4 is 10.2 Å². The molecule has 0 unspecified atom stereocenters. The normalized spacial score (nSPS) is 11.3. The second-order valence-electron chi connectivity index (χ2n) is 5.93. The summed E-state index contributed by atoms with van der Waals surface area (Å²) in [5, 5.41) is 12.3. The average Bonchev–Trinajstić information content (AvgIpc) is 3.26. The minimum atomic E-state index is -0.505. The third-order valence-corrected chi connectivity index (χ3v) is 6.33. The summed E-state index contributed by atoms with van der Waals surface area (Å²) in [5.74, 6) is -0.793. The van der Waals surface area contributed by atoms with Gasteiger partial charge in [-0.15, -0.1) is 10.2 Å². The molecule has 0 atom stereocenters. The highest BCUT2D eigenvalue weighted by Crippen LogP contribution is 2.30. The van der Waals surface area contributed by atoms with Crippen molar-refractivity contribution in [3.05, 3.63) is 34.8 Å². The van der Waals surface area contributed by atoms with Crippen LogP contribution in [0.2, 0.25) is 0 Å². The molecule has 12 heteroatoms. The number of fused-ring (bicyclic) bond motifs is 3. The van der Waals surface area contributed by atoms with Gasteiger partial charge < -0.3 is 10.2 Å². The molecule has 1 N–H and O–H groups in total. The lowest BCUT2D eigenvalue weighted by molar-refractivity contribution is -0.113. The van der Waals surface area contributed by atoms with Crippen LogP contribution in [0.4, 0.5) is 15.2 Å². The monoisotopic (exact) mass is 481 g/mol. The van der Waals surface area contributed by atoms with Crippen LogP contribution in [0.25, 0.3) is 16.0 Å². The molecule has 0 spiro atoms. The summed E-state index contributed by atoms with van der Waals surface area (Å²) in [6.45, 7) is 0. The fourth-order valence-electron chi connectivity index (χ4n) is 2.38. The zero-order valence-corrected chi connectivity index (χ0v) is 17.9. The number of aromatic nitrogens is 5. The predicted octanol–water partition coefficient (Wildman–Crippen LogP) is 3.43. The maximum Gasteiger partial charge on any atom is 0.234 e. The number of rotatable bonds is 5. The third kappa shape index (κ3) is 3.66. The maximum absolute atomic E-state index is 13.8. The molecule has 0 radical (unpaired) electrons. The summed E-state index contributed by atoms with van der Waals surface area (Å²) in [4.78, 5) is 22.9. The first-order chi connectivity index (χ1) is 13.4. The van der Waals surface area contributed by atoms with E-state index in [0.29, 0.717) is 20.9 Å². The highest BCUT2D eigenvalue weighted by atomic mass is 79.9. The lowest BCUT2D eigenvalue weighted by atomic mass is 10.3. The number of thioether (sulfide) groups is 1. The van der Waals surface area contributed by atoms with E-state index in [2.05, 4.69) is 41.4 Å². The van der Waals surface area contributed by atoms with Gasteiger partial charge >= 0.3 is 0 Å². The second kappa shape index (κ2) is 7.60. The number of hydrogen-bond acceptors (Lipinski definition) is 8. The number of benzene rings is 1. The number of hydrogen-bond donors (Lipinski definition) is 1. The SMILES string of the molecule is CN(C)c1nc2ncn3c(SCC(=O)Nc4ccc(Br)cc4F)nnc3c2s1. The molecular weight excluding hydrogens is 469 g/mol. The van der Waals surface area contributed by atoms with Crippen molar-refractivity contribution >= 4 is 71.7 Å². The Labute approximate surface area is 175 Å². The highest BCUT2D eigenvalue weighted by Gasteiger charge is 2.16. The van der Waals surface area contributed by atoms with E-state index in [4.69, 9.17) is 0 Å². The van der Waals surface area contributed by atoms with Gasteiger partial charge in [-0.05, 0) is 18.2 Å². The number of carbonyl (C=O) groups is 1. The molecule has 0 aliphatic carbocycles. The Kier molecular flexibility index (Phi) is 5.17. The molecule has 0 aliphatic heterocycles. The summed E-state index contributed by atoms with van der Waals surface area (Å²) in [5.41, 5.74) is 1.37. The van der Waals surface area contributed by atoms with Crippen molar-refractivity contribution in [2.45, 2.75) is 5.16 Å². The van der Waals surface area contributed by atoms with Gasteiger partial charge in [-0.2, -0.15) is 4.98 Å². The molecule has 1 aromatic carbocycles. The maximum atomic E-state index is 13.8. The van der Waals surface area contributed by atoms with Crippen LogP contribution >= 0.6 is 39.0 Å². The molecule has 0 saturated carbocycles. The van der Waals surface area contributed by atoms with Crippen LogP contribution in [0, 0.1) is 5.82 Å². The molecule has 3 heterocycles. The Morgan fingerprint density at radius 3 is 2.96 bits per heavy atom. The van der Waals surface area contributed by atoms with E-state index >= 15 is 0 Å². The van der Waals surface area contributed by atoms with Crippen LogP contribution in [0.5, 0.6) is 0 Å². The molecule has 8 nitrogen and oxygen atoms in total. The van der Waals surface area contributed by atoms with E-state index in [-0.39, 0.29) is 17.3 Å².